The summed E-state index contributed by atoms with van der Waals surface area (Å²) in [5, 5.41) is 12.5. The Balaban J connectivity index is 1.15. The molecule has 1 saturated heterocycles. The van der Waals surface area contributed by atoms with Crippen molar-refractivity contribution in [2.24, 2.45) is 0 Å². The number of β-amino-alcohol motifs (C(OH)–C–C–N with tert-alkyl or cyclic N) is 1. The number of nitrogens with zero attached hydrogens (tertiary/aromatic N) is 2. The number of benzene rings is 3. The number of rotatable bonds is 7. The Morgan fingerprint density at radius 2 is 1.50 bits per heavy atom. The average molecular weight is 533 g/mol. The molecule has 1 fully saturated rings. The maximum Gasteiger partial charge on any atom is 0.227 e. The average Bonchev–Trinajstić information content (AvgIpc) is 3.31. The molecule has 4 aromatic rings. The van der Waals surface area contributed by atoms with E-state index in [1.807, 2.05) is 47.4 Å². The Morgan fingerprint density at radius 1 is 0.868 bits per heavy atom. The first-order chi connectivity index (χ1) is 18.2. The van der Waals surface area contributed by atoms with E-state index in [2.05, 4.69) is 4.98 Å². The van der Waals surface area contributed by atoms with Crippen molar-refractivity contribution in [1.29, 1.82) is 0 Å². The predicted octanol–water partition coefficient (Wildman–Crippen LogP) is 4.14. The zero-order chi connectivity index (χ0) is 27.0. The number of aliphatic hydroxyl groups is 1. The molecule has 0 bridgehead atoms. The number of nitrogens with one attached hydrogen (secondary N) is 1. The molecule has 1 unspecified atom stereocenters. The number of fused-ring (bicyclic) bond motifs is 3. The number of aliphatic hydroxyl groups excluding tert-OH is 1. The van der Waals surface area contributed by atoms with Crippen LogP contribution in [-0.4, -0.2) is 71.2 Å². The van der Waals surface area contributed by atoms with Crippen LogP contribution in [0.25, 0.3) is 21.8 Å². The van der Waals surface area contributed by atoms with Gasteiger partial charge in [0.25, 0.3) is 0 Å². The summed E-state index contributed by atoms with van der Waals surface area (Å²) in [5.74, 6) is -10.5. The van der Waals surface area contributed by atoms with Crippen LogP contribution in [0, 0.1) is 29.1 Å². The molecule has 1 aliphatic rings. The van der Waals surface area contributed by atoms with Gasteiger partial charge in [-0.3, -0.25) is 9.69 Å². The van der Waals surface area contributed by atoms with E-state index in [1.165, 1.54) is 4.90 Å². The standard InChI is InChI=1S/C27H24F5N3O3/c28-23-17(24(29)26(31)27(32)25(23)30)12-21(37)35-10-8-34(9-11-35)13-15(36)14-38-20-7-3-6-19-22(20)16-4-1-2-5-18(16)33-19/h1-7,15,33,36H,8-14H2. The first kappa shape index (κ1) is 25.9. The van der Waals surface area contributed by atoms with Gasteiger partial charge in [0, 0.05) is 54.6 Å². The number of H-pyrrole nitrogens is 1. The van der Waals surface area contributed by atoms with E-state index in [0.29, 0.717) is 18.8 Å². The van der Waals surface area contributed by atoms with Gasteiger partial charge >= 0.3 is 0 Å². The predicted molar refractivity (Wildman–Crippen MR) is 130 cm³/mol. The molecular formula is C27H24F5N3O3. The second-order valence-corrected chi connectivity index (χ2v) is 9.22. The second-order valence-electron chi connectivity index (χ2n) is 9.22. The highest BCUT2D eigenvalue weighted by molar-refractivity contribution is 6.10. The fourth-order valence-corrected chi connectivity index (χ4v) is 4.77. The van der Waals surface area contributed by atoms with Crippen LogP contribution >= 0.6 is 0 Å². The Labute approximate surface area is 214 Å². The van der Waals surface area contributed by atoms with Gasteiger partial charge in [0.1, 0.15) is 18.5 Å². The highest BCUT2D eigenvalue weighted by Gasteiger charge is 2.29. The fraction of sp³-hybridized carbons (Fsp3) is 0.296. The summed E-state index contributed by atoms with van der Waals surface area (Å²) >= 11 is 0. The molecule has 5 rings (SSSR count). The molecule has 6 nitrogen and oxygen atoms in total. The second kappa shape index (κ2) is 10.6. The van der Waals surface area contributed by atoms with E-state index in [0.717, 1.165) is 21.8 Å². The lowest BCUT2D eigenvalue weighted by Gasteiger charge is -2.35. The maximum absolute atomic E-state index is 13.9. The molecule has 0 radical (unpaired) electrons. The number of ether oxygens (including phenoxy) is 1. The lowest BCUT2D eigenvalue weighted by atomic mass is 10.1. The van der Waals surface area contributed by atoms with Crippen LogP contribution in [0.4, 0.5) is 22.0 Å². The normalized spacial score (nSPS) is 15.4. The smallest absolute Gasteiger partial charge is 0.227 e. The largest absolute Gasteiger partial charge is 0.490 e. The third kappa shape index (κ3) is 4.91. The lowest BCUT2D eigenvalue weighted by molar-refractivity contribution is -0.132. The van der Waals surface area contributed by atoms with Crippen LogP contribution in [0.2, 0.25) is 0 Å². The third-order valence-electron chi connectivity index (χ3n) is 6.75. The van der Waals surface area contributed by atoms with Crippen molar-refractivity contribution < 1.29 is 36.6 Å². The molecule has 2 N–H and O–H groups in total. The van der Waals surface area contributed by atoms with Gasteiger partial charge in [0.2, 0.25) is 11.7 Å². The van der Waals surface area contributed by atoms with Crippen molar-refractivity contribution in [1.82, 2.24) is 14.8 Å². The summed E-state index contributed by atoms with van der Waals surface area (Å²) in [5.41, 5.74) is 0.753. The third-order valence-corrected chi connectivity index (χ3v) is 6.75. The van der Waals surface area contributed by atoms with Crippen LogP contribution in [0.5, 0.6) is 5.75 Å². The number of piperazine rings is 1. The van der Waals surface area contributed by atoms with Crippen molar-refractivity contribution in [2.75, 3.05) is 39.3 Å². The number of halogens is 5. The molecule has 1 aromatic heterocycles. The fourth-order valence-electron chi connectivity index (χ4n) is 4.77. The lowest BCUT2D eigenvalue weighted by Crippen LogP contribution is -2.51. The number of aromatic nitrogens is 1. The number of carbonyl (C=O) groups excluding carboxylic acids is 1. The summed E-state index contributed by atoms with van der Waals surface area (Å²) in [4.78, 5) is 19.1. The molecule has 3 aromatic carbocycles. The minimum absolute atomic E-state index is 0.0397. The van der Waals surface area contributed by atoms with Gasteiger partial charge in [-0.05, 0) is 18.2 Å². The molecule has 0 aliphatic carbocycles. The summed E-state index contributed by atoms with van der Waals surface area (Å²) in [6.07, 6.45) is -1.77. The SMILES string of the molecule is O=C(Cc1c(F)c(F)c(F)c(F)c1F)N1CCN(CC(O)COc2cccc3[nH]c4ccccc4c23)CC1. The highest BCUT2D eigenvalue weighted by Crippen LogP contribution is 2.33. The minimum atomic E-state index is -2.26. The number of aromatic amines is 1. The first-order valence-corrected chi connectivity index (χ1v) is 12.0. The first-order valence-electron chi connectivity index (χ1n) is 12.0. The zero-order valence-corrected chi connectivity index (χ0v) is 20.1. The maximum atomic E-state index is 13.9. The Kier molecular flexibility index (Phi) is 7.22. The molecule has 200 valence electrons. The monoisotopic (exact) mass is 533 g/mol. The molecule has 2 heterocycles. The molecule has 1 amide bonds. The van der Waals surface area contributed by atoms with Crippen molar-refractivity contribution >= 4 is 27.7 Å². The van der Waals surface area contributed by atoms with E-state index in [1.54, 1.807) is 0 Å². The van der Waals surface area contributed by atoms with Crippen LogP contribution < -0.4 is 4.74 Å². The van der Waals surface area contributed by atoms with Gasteiger partial charge in [0.05, 0.1) is 11.9 Å². The van der Waals surface area contributed by atoms with Gasteiger partial charge in [-0.1, -0.05) is 24.3 Å². The molecule has 0 saturated carbocycles. The quantitative estimate of drug-likeness (QED) is 0.213. The Bertz CT molecular complexity index is 1470. The summed E-state index contributed by atoms with van der Waals surface area (Å²) < 4.78 is 73.9. The molecule has 11 heteroatoms. The molecule has 1 atom stereocenters. The summed E-state index contributed by atoms with van der Waals surface area (Å²) in [7, 11) is 0. The van der Waals surface area contributed by atoms with Gasteiger partial charge in [-0.25, -0.2) is 22.0 Å². The van der Waals surface area contributed by atoms with Crippen LogP contribution in [0.3, 0.4) is 0 Å². The van der Waals surface area contributed by atoms with E-state index in [9.17, 15) is 31.9 Å². The number of hydrogen-bond donors (Lipinski definition) is 2. The number of para-hydroxylation sites is 1. The van der Waals surface area contributed by atoms with E-state index in [-0.39, 0.29) is 26.2 Å². The van der Waals surface area contributed by atoms with Gasteiger partial charge in [0.15, 0.2) is 23.3 Å². The summed E-state index contributed by atoms with van der Waals surface area (Å²) in [6, 6.07) is 13.5. The van der Waals surface area contributed by atoms with Crippen molar-refractivity contribution in [3.8, 4) is 5.75 Å². The number of amides is 1. The Morgan fingerprint density at radius 3 is 2.21 bits per heavy atom. The van der Waals surface area contributed by atoms with E-state index < -0.39 is 53.1 Å². The zero-order valence-electron chi connectivity index (χ0n) is 20.1. The van der Waals surface area contributed by atoms with Crippen molar-refractivity contribution in [2.45, 2.75) is 12.5 Å². The van der Waals surface area contributed by atoms with Crippen LogP contribution in [-0.2, 0) is 11.2 Å². The van der Waals surface area contributed by atoms with Gasteiger partial charge < -0.3 is 19.7 Å². The topological polar surface area (TPSA) is 68.8 Å². The highest BCUT2D eigenvalue weighted by atomic mass is 19.2. The van der Waals surface area contributed by atoms with Crippen molar-refractivity contribution in [3.63, 3.8) is 0 Å². The van der Waals surface area contributed by atoms with Crippen LogP contribution in [0.1, 0.15) is 5.56 Å². The Hall–Kier alpha value is -3.70. The van der Waals surface area contributed by atoms with Crippen molar-refractivity contribution in [3.05, 3.63) is 77.1 Å². The van der Waals surface area contributed by atoms with Gasteiger partial charge in [-0.2, -0.15) is 0 Å². The molecule has 0 spiro atoms. The van der Waals surface area contributed by atoms with Crippen LogP contribution in [0.15, 0.2) is 42.5 Å². The molecule has 38 heavy (non-hydrogen) atoms. The van der Waals surface area contributed by atoms with E-state index >= 15 is 0 Å². The number of hydrogen-bond acceptors (Lipinski definition) is 4. The van der Waals surface area contributed by atoms with Gasteiger partial charge in [-0.15, -0.1) is 0 Å². The van der Waals surface area contributed by atoms with E-state index in [4.69, 9.17) is 4.74 Å². The number of carbonyl (C=O) groups is 1. The summed E-state index contributed by atoms with van der Waals surface area (Å²) in [6.45, 7) is 1.38. The molecule has 1 aliphatic heterocycles. The molecular weight excluding hydrogens is 509 g/mol. The minimum Gasteiger partial charge on any atom is -0.490 e.